The molecule has 6 nitrogen and oxygen atoms in total. The Kier molecular flexibility index (Phi) is 4.61. The van der Waals surface area contributed by atoms with Gasteiger partial charge in [-0.25, -0.2) is 4.39 Å². The van der Waals surface area contributed by atoms with Crippen LogP contribution in [-0.4, -0.2) is 29.2 Å². The second-order valence-electron chi connectivity index (χ2n) is 9.72. The van der Waals surface area contributed by atoms with Crippen molar-refractivity contribution in [3.63, 3.8) is 0 Å². The number of carbonyl (C=O) groups is 2. The van der Waals surface area contributed by atoms with Gasteiger partial charge >= 0.3 is 4.87 Å². The summed E-state index contributed by atoms with van der Waals surface area (Å²) in [6.07, 6.45) is 0.822. The van der Waals surface area contributed by atoms with E-state index in [4.69, 9.17) is 4.74 Å². The van der Waals surface area contributed by atoms with Gasteiger partial charge in [0.1, 0.15) is 11.6 Å². The van der Waals surface area contributed by atoms with E-state index < -0.39 is 0 Å². The fraction of sp³-hybridized carbons (Fsp3) is 0.346. The SMILES string of the molecule is COc1ccc(N2C(=O)[C@H]3[C@H]4C[C@@H]([C@@H]3C2=O)[C@H]2[C@H](c3ccc(F)cc3)c3sc(=O)[nH]c3S[C@H]42)cc1. The zero-order valence-corrected chi connectivity index (χ0v) is 20.3. The number of anilines is 1. The maximum atomic E-state index is 13.7. The predicted octanol–water partition coefficient (Wildman–Crippen LogP) is 4.26. The molecule has 35 heavy (non-hydrogen) atoms. The van der Waals surface area contributed by atoms with E-state index in [-0.39, 0.29) is 63.3 Å². The van der Waals surface area contributed by atoms with Crippen molar-refractivity contribution in [3.8, 4) is 5.75 Å². The number of rotatable bonds is 3. The highest BCUT2D eigenvalue weighted by atomic mass is 32.2. The molecule has 0 spiro atoms. The Hall–Kier alpha value is -2.91. The van der Waals surface area contributed by atoms with Crippen LogP contribution >= 0.6 is 23.1 Å². The van der Waals surface area contributed by atoms with Crippen LogP contribution < -0.4 is 14.5 Å². The van der Waals surface area contributed by atoms with Gasteiger partial charge in [-0.2, -0.15) is 0 Å². The summed E-state index contributed by atoms with van der Waals surface area (Å²) < 4.78 is 19.0. The molecule has 2 amide bonds. The van der Waals surface area contributed by atoms with Crippen LogP contribution in [0.2, 0.25) is 0 Å². The number of amides is 2. The molecular formula is C26H21FN2O4S2. The first kappa shape index (κ1) is 21.4. The molecule has 178 valence electrons. The van der Waals surface area contributed by atoms with Crippen molar-refractivity contribution in [2.75, 3.05) is 12.0 Å². The number of nitrogens with zero attached hydrogens (tertiary/aromatic N) is 1. The zero-order chi connectivity index (χ0) is 24.0. The van der Waals surface area contributed by atoms with Crippen molar-refractivity contribution in [2.24, 2.45) is 29.6 Å². The number of methoxy groups -OCH3 is 1. The van der Waals surface area contributed by atoms with Gasteiger partial charge in [0, 0.05) is 16.0 Å². The third-order valence-electron chi connectivity index (χ3n) is 8.28. The largest absolute Gasteiger partial charge is 0.497 e. The lowest BCUT2D eigenvalue weighted by Crippen LogP contribution is -2.42. The van der Waals surface area contributed by atoms with Crippen molar-refractivity contribution in [3.05, 3.63) is 74.5 Å². The number of fused-ring (bicyclic) bond motifs is 9. The number of thioether (sulfide) groups is 1. The van der Waals surface area contributed by atoms with Gasteiger partial charge in [-0.1, -0.05) is 23.5 Å². The summed E-state index contributed by atoms with van der Waals surface area (Å²) in [4.78, 5) is 44.8. The molecular weight excluding hydrogens is 487 g/mol. The molecule has 1 saturated heterocycles. The second kappa shape index (κ2) is 7.54. The number of ether oxygens (including phenoxy) is 1. The zero-order valence-electron chi connectivity index (χ0n) is 18.6. The minimum absolute atomic E-state index is 0.0302. The number of hydrogen-bond donors (Lipinski definition) is 1. The van der Waals surface area contributed by atoms with E-state index in [2.05, 4.69) is 4.98 Å². The molecule has 2 aromatic carbocycles. The molecule has 2 bridgehead atoms. The third kappa shape index (κ3) is 2.91. The molecule has 2 saturated carbocycles. The molecule has 0 unspecified atom stereocenters. The van der Waals surface area contributed by atoms with Crippen LogP contribution in [0, 0.1) is 35.4 Å². The number of thiazole rings is 1. The van der Waals surface area contributed by atoms with Crippen LogP contribution in [0.5, 0.6) is 5.75 Å². The van der Waals surface area contributed by atoms with E-state index in [1.165, 1.54) is 28.4 Å². The van der Waals surface area contributed by atoms with Crippen molar-refractivity contribution in [2.45, 2.75) is 22.6 Å². The molecule has 3 aromatic rings. The lowest BCUT2D eigenvalue weighted by Gasteiger charge is -2.43. The van der Waals surface area contributed by atoms with E-state index in [1.807, 2.05) is 0 Å². The highest BCUT2D eigenvalue weighted by Gasteiger charge is 2.69. The average Bonchev–Trinajstić information content (AvgIpc) is 3.59. The first-order valence-electron chi connectivity index (χ1n) is 11.6. The lowest BCUT2D eigenvalue weighted by atomic mass is 9.68. The van der Waals surface area contributed by atoms with Gasteiger partial charge in [0.15, 0.2) is 0 Å². The number of imide groups is 1. The van der Waals surface area contributed by atoms with Gasteiger partial charge in [-0.15, -0.1) is 11.8 Å². The molecule has 1 aromatic heterocycles. The smallest absolute Gasteiger partial charge is 0.305 e. The number of H-pyrrole nitrogens is 1. The van der Waals surface area contributed by atoms with Gasteiger partial charge in [-0.3, -0.25) is 19.3 Å². The number of aromatic nitrogens is 1. The molecule has 3 fully saturated rings. The first-order valence-corrected chi connectivity index (χ1v) is 13.3. The van der Waals surface area contributed by atoms with Crippen molar-refractivity contribution < 1.29 is 18.7 Å². The van der Waals surface area contributed by atoms with Crippen LogP contribution in [0.25, 0.3) is 0 Å². The number of carbonyl (C=O) groups excluding carboxylic acids is 2. The second-order valence-corrected chi connectivity index (χ2v) is 11.9. The number of aromatic amines is 1. The van der Waals surface area contributed by atoms with Gasteiger partial charge < -0.3 is 9.72 Å². The Morgan fingerprint density at radius 1 is 0.971 bits per heavy atom. The van der Waals surface area contributed by atoms with Gasteiger partial charge in [0.25, 0.3) is 0 Å². The molecule has 7 atom stereocenters. The van der Waals surface area contributed by atoms with Crippen LogP contribution in [-0.2, 0) is 9.59 Å². The molecule has 0 radical (unpaired) electrons. The lowest BCUT2D eigenvalue weighted by molar-refractivity contribution is -0.123. The fourth-order valence-electron chi connectivity index (χ4n) is 7.05. The predicted molar refractivity (Wildman–Crippen MR) is 130 cm³/mol. The number of halogens is 1. The molecule has 2 aliphatic heterocycles. The van der Waals surface area contributed by atoms with Crippen LogP contribution in [0.3, 0.4) is 0 Å². The van der Waals surface area contributed by atoms with E-state index in [0.717, 1.165) is 21.9 Å². The summed E-state index contributed by atoms with van der Waals surface area (Å²) in [6, 6.07) is 13.5. The standard InChI is InChI=1S/C26H21FN2O4S2/c1-33-14-8-6-13(7-9-14)29-24(30)19-15-10-16(20(19)25(29)31)21-18(15)17(11-2-4-12(27)5-3-11)22-23(34-21)28-26(32)35-22/h2-9,15-21H,10H2,1H3,(H,28,32)/t15-,16-,17+,18+,19+,20+,21-/m1/s1. The number of benzene rings is 2. The number of hydrogen-bond acceptors (Lipinski definition) is 6. The summed E-state index contributed by atoms with van der Waals surface area (Å²) in [6.45, 7) is 0. The fourth-order valence-corrected chi connectivity index (χ4v) is 9.93. The Morgan fingerprint density at radius 3 is 2.34 bits per heavy atom. The summed E-state index contributed by atoms with van der Waals surface area (Å²) in [5, 5.41) is 0.963. The third-order valence-corrected chi connectivity index (χ3v) is 10.9. The molecule has 2 aliphatic carbocycles. The van der Waals surface area contributed by atoms with E-state index >= 15 is 0 Å². The Morgan fingerprint density at radius 2 is 1.66 bits per heavy atom. The minimum atomic E-state index is -0.364. The number of nitrogens with one attached hydrogen (secondary N) is 1. The van der Waals surface area contributed by atoms with Gasteiger partial charge in [0.2, 0.25) is 11.8 Å². The normalized spacial score (nSPS) is 32.5. The topological polar surface area (TPSA) is 79.5 Å². The highest BCUT2D eigenvalue weighted by molar-refractivity contribution is 8.00. The molecule has 1 N–H and O–H groups in total. The molecule has 3 heterocycles. The molecule has 4 aliphatic rings. The summed E-state index contributed by atoms with van der Waals surface area (Å²) >= 11 is 2.85. The van der Waals surface area contributed by atoms with Gasteiger partial charge in [-0.05, 0) is 66.1 Å². The van der Waals surface area contributed by atoms with E-state index in [0.29, 0.717) is 11.4 Å². The Balaban J connectivity index is 1.30. The monoisotopic (exact) mass is 508 g/mol. The Bertz CT molecular complexity index is 1420. The van der Waals surface area contributed by atoms with Crippen molar-refractivity contribution in [1.82, 2.24) is 4.98 Å². The molecule has 7 rings (SSSR count). The maximum absolute atomic E-state index is 13.7. The van der Waals surface area contributed by atoms with Crippen molar-refractivity contribution >= 4 is 40.6 Å². The van der Waals surface area contributed by atoms with Crippen LogP contribution in [0.1, 0.15) is 22.8 Å². The summed E-state index contributed by atoms with van der Waals surface area (Å²) in [5.41, 5.74) is 1.52. The summed E-state index contributed by atoms with van der Waals surface area (Å²) in [5.74, 6) is -0.525. The van der Waals surface area contributed by atoms with Crippen LogP contribution in [0.15, 0.2) is 58.4 Å². The average molecular weight is 509 g/mol. The molecule has 9 heteroatoms. The van der Waals surface area contributed by atoms with Gasteiger partial charge in [0.05, 0.1) is 29.7 Å². The van der Waals surface area contributed by atoms with Crippen molar-refractivity contribution in [1.29, 1.82) is 0 Å². The Labute approximate surface area is 208 Å². The first-order chi connectivity index (χ1) is 17.0. The minimum Gasteiger partial charge on any atom is -0.497 e. The van der Waals surface area contributed by atoms with E-state index in [1.54, 1.807) is 55.3 Å². The van der Waals surface area contributed by atoms with Crippen LogP contribution in [0.4, 0.5) is 10.1 Å². The quantitative estimate of drug-likeness (QED) is 0.535. The summed E-state index contributed by atoms with van der Waals surface area (Å²) in [7, 11) is 1.58. The highest BCUT2D eigenvalue weighted by Crippen LogP contribution is 2.68. The van der Waals surface area contributed by atoms with E-state index in [9.17, 15) is 18.8 Å². The maximum Gasteiger partial charge on any atom is 0.305 e.